The molecule has 102 valence electrons. The van der Waals surface area contributed by atoms with Crippen molar-refractivity contribution in [2.24, 2.45) is 0 Å². The molecule has 0 bridgehead atoms. The molecule has 0 fully saturated rings. The highest BCUT2D eigenvalue weighted by atomic mass is 32.2. The molecule has 19 heavy (non-hydrogen) atoms. The van der Waals surface area contributed by atoms with Gasteiger partial charge < -0.3 is 9.82 Å². The maximum atomic E-state index is 12.0. The van der Waals surface area contributed by atoms with Crippen molar-refractivity contribution in [3.8, 4) is 0 Å². The van der Waals surface area contributed by atoms with Gasteiger partial charge in [-0.15, -0.1) is 11.3 Å². The molecule has 0 spiro atoms. The summed E-state index contributed by atoms with van der Waals surface area (Å²) in [6.45, 7) is 3.89. The Morgan fingerprint density at radius 1 is 1.26 bits per heavy atom. The van der Waals surface area contributed by atoms with Gasteiger partial charge in [-0.2, -0.15) is 0 Å². The topological polar surface area (TPSA) is 74.0 Å². The van der Waals surface area contributed by atoms with E-state index in [1.54, 1.807) is 12.1 Å². The van der Waals surface area contributed by atoms with E-state index in [1.165, 1.54) is 35.2 Å². The number of rotatable bonds is 5. The van der Waals surface area contributed by atoms with E-state index in [4.69, 9.17) is 0 Å². The number of thioether (sulfide) groups is 1. The second kappa shape index (κ2) is 5.89. The fourth-order valence-electron chi connectivity index (χ4n) is 1.29. The standard InChI is InChI=1S/C11H12N3O2S3/c1-3-17-11-13-12-10(18-11)14-19(15,16)9-6-4-8(2)5-7-9/h4-7H,3H2,1-2H3/q-1. The van der Waals surface area contributed by atoms with Crippen molar-refractivity contribution in [1.82, 2.24) is 10.2 Å². The average Bonchev–Trinajstić information content (AvgIpc) is 2.77. The van der Waals surface area contributed by atoms with Crippen LogP contribution in [0.5, 0.6) is 0 Å². The van der Waals surface area contributed by atoms with Gasteiger partial charge in [0.05, 0.1) is 4.90 Å². The van der Waals surface area contributed by atoms with Crippen LogP contribution in [0, 0.1) is 6.92 Å². The Balaban J connectivity index is 2.18. The van der Waals surface area contributed by atoms with Crippen LogP contribution in [0.15, 0.2) is 33.5 Å². The molecule has 0 aliphatic rings. The molecule has 0 unspecified atom stereocenters. The molecule has 0 N–H and O–H groups in total. The minimum absolute atomic E-state index is 0.163. The molecule has 0 aliphatic heterocycles. The normalized spacial score (nSPS) is 11.5. The third kappa shape index (κ3) is 3.68. The first kappa shape index (κ1) is 14.3. The first-order valence-corrected chi connectivity index (χ1v) is 8.76. The van der Waals surface area contributed by atoms with Crippen molar-refractivity contribution in [1.29, 1.82) is 0 Å². The maximum Gasteiger partial charge on any atom is 0.203 e. The van der Waals surface area contributed by atoms with Crippen molar-refractivity contribution in [2.45, 2.75) is 23.1 Å². The lowest BCUT2D eigenvalue weighted by Gasteiger charge is -2.10. The summed E-state index contributed by atoms with van der Waals surface area (Å²) in [7, 11) is -3.71. The van der Waals surface area contributed by atoms with Crippen LogP contribution in [0.1, 0.15) is 12.5 Å². The lowest BCUT2D eigenvalue weighted by atomic mass is 10.2. The largest absolute Gasteiger partial charge is 0.342 e. The van der Waals surface area contributed by atoms with Gasteiger partial charge in [0, 0.05) is 5.13 Å². The molecule has 2 rings (SSSR count). The predicted octanol–water partition coefficient (Wildman–Crippen LogP) is 3.35. The Morgan fingerprint density at radius 3 is 2.58 bits per heavy atom. The monoisotopic (exact) mass is 314 g/mol. The van der Waals surface area contributed by atoms with E-state index in [1.807, 2.05) is 13.8 Å². The highest BCUT2D eigenvalue weighted by molar-refractivity contribution is 8.01. The Labute approximate surface area is 120 Å². The van der Waals surface area contributed by atoms with Crippen molar-refractivity contribution in [3.05, 3.63) is 34.6 Å². The highest BCUT2D eigenvalue weighted by Crippen LogP contribution is 2.33. The molecule has 0 radical (unpaired) electrons. The summed E-state index contributed by atoms with van der Waals surface area (Å²) in [5.41, 5.74) is 0.997. The number of sulfonamides is 1. The van der Waals surface area contributed by atoms with Crippen molar-refractivity contribution in [2.75, 3.05) is 5.75 Å². The van der Waals surface area contributed by atoms with E-state index in [0.29, 0.717) is 0 Å². The summed E-state index contributed by atoms with van der Waals surface area (Å²) < 4.78 is 28.5. The summed E-state index contributed by atoms with van der Waals surface area (Å²) in [6, 6.07) is 6.55. The number of aromatic nitrogens is 2. The smallest absolute Gasteiger partial charge is 0.203 e. The predicted molar refractivity (Wildman–Crippen MR) is 77.7 cm³/mol. The molecule has 2 aromatic rings. The van der Waals surface area contributed by atoms with Crippen LogP contribution in [0.25, 0.3) is 4.72 Å². The van der Waals surface area contributed by atoms with E-state index in [-0.39, 0.29) is 10.0 Å². The quantitative estimate of drug-likeness (QED) is 0.791. The highest BCUT2D eigenvalue weighted by Gasteiger charge is 2.10. The third-order valence-corrected chi connectivity index (χ3v) is 5.41. The first-order valence-electron chi connectivity index (χ1n) is 5.52. The second-order valence-corrected chi connectivity index (χ2v) is 7.73. The average molecular weight is 314 g/mol. The fourth-order valence-corrected chi connectivity index (χ4v) is 4.04. The van der Waals surface area contributed by atoms with E-state index in [9.17, 15) is 8.42 Å². The van der Waals surface area contributed by atoms with Crippen LogP contribution in [0.2, 0.25) is 0 Å². The van der Waals surface area contributed by atoms with Gasteiger partial charge in [0.2, 0.25) is 10.0 Å². The Morgan fingerprint density at radius 2 is 1.95 bits per heavy atom. The molecule has 0 aliphatic carbocycles. The van der Waals surface area contributed by atoms with Crippen LogP contribution in [-0.2, 0) is 10.0 Å². The number of aryl methyl sites for hydroxylation is 1. The summed E-state index contributed by atoms with van der Waals surface area (Å²) in [5.74, 6) is 0.860. The molecular weight excluding hydrogens is 302 g/mol. The molecule has 0 amide bonds. The van der Waals surface area contributed by atoms with Gasteiger partial charge in [-0.3, -0.25) is 0 Å². The number of hydrogen-bond donors (Lipinski definition) is 0. The number of benzene rings is 1. The summed E-state index contributed by atoms with van der Waals surface area (Å²) in [6.07, 6.45) is 0. The summed E-state index contributed by atoms with van der Waals surface area (Å²) >= 11 is 2.69. The molecule has 0 saturated heterocycles. The lowest BCUT2D eigenvalue weighted by Crippen LogP contribution is -1.97. The minimum atomic E-state index is -3.71. The first-order chi connectivity index (χ1) is 9.01. The van der Waals surface area contributed by atoms with Crippen molar-refractivity contribution >= 4 is 38.3 Å². The SMILES string of the molecule is CCSc1nnc([N-]S(=O)(=O)c2ccc(C)cc2)s1. The van der Waals surface area contributed by atoms with E-state index in [2.05, 4.69) is 14.9 Å². The van der Waals surface area contributed by atoms with Crippen LogP contribution in [0.4, 0.5) is 5.13 Å². The molecule has 1 heterocycles. The molecule has 1 aromatic carbocycles. The maximum absolute atomic E-state index is 12.0. The molecule has 0 atom stereocenters. The third-order valence-electron chi connectivity index (χ3n) is 2.18. The number of hydrogen-bond acceptors (Lipinski definition) is 6. The lowest BCUT2D eigenvalue weighted by molar-refractivity contribution is 0.603. The van der Waals surface area contributed by atoms with Crippen LogP contribution < -0.4 is 0 Å². The van der Waals surface area contributed by atoms with Gasteiger partial charge in [0.25, 0.3) is 0 Å². The molecule has 0 saturated carbocycles. The fraction of sp³-hybridized carbons (Fsp3) is 0.273. The van der Waals surface area contributed by atoms with Gasteiger partial charge in [0.15, 0.2) is 0 Å². The second-order valence-electron chi connectivity index (χ2n) is 3.66. The van der Waals surface area contributed by atoms with Gasteiger partial charge in [0.1, 0.15) is 4.34 Å². The van der Waals surface area contributed by atoms with Crippen molar-refractivity contribution in [3.63, 3.8) is 0 Å². The summed E-state index contributed by atoms with van der Waals surface area (Å²) in [4.78, 5) is 0.165. The van der Waals surface area contributed by atoms with Crippen LogP contribution in [-0.4, -0.2) is 24.4 Å². The van der Waals surface area contributed by atoms with Crippen LogP contribution >= 0.6 is 23.1 Å². The Bertz CT molecular complexity index is 650. The van der Waals surface area contributed by atoms with Crippen LogP contribution in [0.3, 0.4) is 0 Å². The van der Waals surface area contributed by atoms with Crippen molar-refractivity contribution < 1.29 is 8.42 Å². The van der Waals surface area contributed by atoms with E-state index >= 15 is 0 Å². The van der Waals surface area contributed by atoms with E-state index < -0.39 is 10.0 Å². The zero-order valence-corrected chi connectivity index (χ0v) is 12.8. The minimum Gasteiger partial charge on any atom is -0.342 e. The van der Waals surface area contributed by atoms with Gasteiger partial charge in [-0.1, -0.05) is 36.4 Å². The van der Waals surface area contributed by atoms with Gasteiger partial charge >= 0.3 is 0 Å². The van der Waals surface area contributed by atoms with Gasteiger partial charge in [-0.25, -0.2) is 13.5 Å². The Kier molecular flexibility index (Phi) is 4.43. The molecule has 8 heteroatoms. The zero-order chi connectivity index (χ0) is 13.9. The summed E-state index contributed by atoms with van der Waals surface area (Å²) in [5, 5.41) is 7.80. The molecule has 5 nitrogen and oxygen atoms in total. The molecule has 1 aromatic heterocycles. The zero-order valence-electron chi connectivity index (χ0n) is 10.4. The van der Waals surface area contributed by atoms with Gasteiger partial charge in [-0.05, 0) is 24.8 Å². The molecular formula is C11H12N3O2S3-. The van der Waals surface area contributed by atoms with E-state index in [0.717, 1.165) is 15.7 Å². The number of nitrogens with zero attached hydrogens (tertiary/aromatic N) is 3. The Hall–Kier alpha value is -1.12.